The van der Waals surface area contributed by atoms with Crippen molar-refractivity contribution < 1.29 is 48.6 Å². The summed E-state index contributed by atoms with van der Waals surface area (Å²) in [6, 6.07) is 11.0. The molecular formula is C55H81N9O10. The molecule has 6 rings (SSSR count). The van der Waals surface area contributed by atoms with E-state index in [1.54, 1.807) is 62.0 Å². The third kappa shape index (κ3) is 14.5. The molecule has 0 spiro atoms. The molecule has 0 radical (unpaired) electrons. The average Bonchev–Trinajstić information content (AvgIpc) is 3.99. The van der Waals surface area contributed by atoms with Gasteiger partial charge in [0, 0.05) is 50.1 Å². The lowest BCUT2D eigenvalue weighted by Crippen LogP contribution is -2.58. The van der Waals surface area contributed by atoms with Gasteiger partial charge in [0.15, 0.2) is 5.78 Å². The Labute approximate surface area is 435 Å². The fourth-order valence-electron chi connectivity index (χ4n) is 11.1. The van der Waals surface area contributed by atoms with E-state index in [0.717, 1.165) is 32.1 Å². The van der Waals surface area contributed by atoms with Gasteiger partial charge in [0.1, 0.15) is 36.3 Å². The summed E-state index contributed by atoms with van der Waals surface area (Å²) in [6.07, 6.45) is 10.2. The second-order valence-corrected chi connectivity index (χ2v) is 20.7. The number of likely N-dealkylation sites (N-methyl/N-ethyl adjacent to an activating group) is 2. The summed E-state index contributed by atoms with van der Waals surface area (Å²) in [6.45, 7) is 3.19. The van der Waals surface area contributed by atoms with Crippen molar-refractivity contribution in [1.82, 2.24) is 47.0 Å². The Kier molecular flexibility index (Phi) is 21.9. The Morgan fingerprint density at radius 3 is 1.39 bits per heavy atom. The number of unbranched alkanes of at least 4 members (excludes halogenated alkanes) is 6. The van der Waals surface area contributed by atoms with Crippen LogP contribution in [0.3, 0.4) is 0 Å². The summed E-state index contributed by atoms with van der Waals surface area (Å²) < 4.78 is 0. The summed E-state index contributed by atoms with van der Waals surface area (Å²) in [4.78, 5) is 113. The van der Waals surface area contributed by atoms with E-state index in [4.69, 9.17) is 0 Å². The second-order valence-electron chi connectivity index (χ2n) is 20.7. The molecule has 4 aliphatic rings. The van der Waals surface area contributed by atoms with E-state index in [-0.39, 0.29) is 55.2 Å². The number of carbonyl (C=O) groups excluding carboxylic acids is 8. The van der Waals surface area contributed by atoms with Gasteiger partial charge in [0.05, 0.1) is 12.1 Å². The zero-order chi connectivity index (χ0) is 53.3. The van der Waals surface area contributed by atoms with Crippen molar-refractivity contribution in [2.45, 2.75) is 177 Å². The summed E-state index contributed by atoms with van der Waals surface area (Å²) in [5.41, 5.74) is 1.26. The fourth-order valence-corrected chi connectivity index (χ4v) is 11.1. The van der Waals surface area contributed by atoms with Crippen LogP contribution in [0.5, 0.6) is 0 Å². The minimum absolute atomic E-state index is 0.123. The fraction of sp³-hybridized carbons (Fsp3) is 0.636. The molecule has 4 fully saturated rings. The SMILES string of the molecule is CN[C@@H](C)C(=O)N[C@@H]1C(=O)N2[C@@H](CC[C@@H]1CO)CC[C@H]2C(=O)N[C@H](C(=O)CCCCCCCCCNC(=O)[C@@H](NC(=O)[C@@H]1CC[C@@H]2CC[C@H](CO)[C@H](NC(=O)[C@H](C)NC)C(=O)N21)c1ccccc1)c1ccccc1. The van der Waals surface area contributed by atoms with Gasteiger partial charge in [0.25, 0.3) is 0 Å². The normalized spacial score (nSPS) is 25.3. The topological polar surface area (TPSA) is 268 Å². The van der Waals surface area contributed by atoms with Crippen molar-refractivity contribution in [3.63, 3.8) is 0 Å². The molecule has 0 aromatic heterocycles. The molecule has 4 heterocycles. The highest BCUT2D eigenvalue weighted by Crippen LogP contribution is 2.36. The average molecular weight is 1030 g/mol. The predicted octanol–water partition coefficient (Wildman–Crippen LogP) is 2.22. The van der Waals surface area contributed by atoms with Gasteiger partial charge < -0.3 is 57.2 Å². The summed E-state index contributed by atoms with van der Waals surface area (Å²) >= 11 is 0. The molecule has 0 aliphatic carbocycles. The Morgan fingerprint density at radius 1 is 0.541 bits per heavy atom. The smallest absolute Gasteiger partial charge is 0.247 e. The second kappa shape index (κ2) is 28.2. The Morgan fingerprint density at radius 2 is 0.946 bits per heavy atom. The first-order valence-corrected chi connectivity index (χ1v) is 27.0. The molecule has 74 heavy (non-hydrogen) atoms. The minimum Gasteiger partial charge on any atom is -0.396 e. The van der Waals surface area contributed by atoms with Gasteiger partial charge in [0.2, 0.25) is 41.4 Å². The van der Waals surface area contributed by atoms with Gasteiger partial charge in [-0.2, -0.15) is 0 Å². The van der Waals surface area contributed by atoms with Crippen molar-refractivity contribution in [1.29, 1.82) is 0 Å². The zero-order valence-corrected chi connectivity index (χ0v) is 43.7. The molecule has 7 amide bonds. The van der Waals surface area contributed by atoms with Crippen molar-refractivity contribution in [2.75, 3.05) is 33.9 Å². The van der Waals surface area contributed by atoms with Gasteiger partial charge in [-0.1, -0.05) is 92.8 Å². The van der Waals surface area contributed by atoms with Crippen LogP contribution in [0.1, 0.15) is 140 Å². The molecule has 19 heteroatoms. The molecular weight excluding hydrogens is 947 g/mol. The van der Waals surface area contributed by atoms with Crippen molar-refractivity contribution in [3.8, 4) is 0 Å². The van der Waals surface area contributed by atoms with Gasteiger partial charge in [-0.15, -0.1) is 0 Å². The standard InChI is InChI=1S/C55H81N9O10/c1-34(56-3)49(68)61-47-38(32-65)23-25-40-27-29-42(63(40)54(47)73)51(70)59-45(36-18-12-10-13-19-36)44(67)22-16-8-6-5-7-9-17-31-58-53(72)46(37-20-14-11-15-21-37)60-52(71)43-30-28-41-26-24-39(33-66)48(55(74)64(41)43)62-50(69)35(2)57-4/h10-15,18-21,34-35,38-43,45-48,56-57,65-66H,5-9,16-17,22-33H2,1-4H3,(H,58,72)(H,59,70)(H,60,71)(H,61,68)(H,62,69)/t34-,35-,38+,39+,40-,41-,42-,43-,45-,46-,47-,48-/m0/s1. The van der Waals surface area contributed by atoms with E-state index < -0.39 is 83.8 Å². The van der Waals surface area contributed by atoms with Crippen LogP contribution >= 0.6 is 0 Å². The number of amides is 7. The highest BCUT2D eigenvalue weighted by molar-refractivity contribution is 5.97. The lowest BCUT2D eigenvalue weighted by molar-refractivity contribution is -0.144. The minimum atomic E-state index is -1.00. The lowest BCUT2D eigenvalue weighted by Gasteiger charge is -2.33. The number of benzene rings is 2. The van der Waals surface area contributed by atoms with Gasteiger partial charge >= 0.3 is 0 Å². The molecule has 406 valence electrons. The van der Waals surface area contributed by atoms with Crippen LogP contribution in [-0.2, 0) is 38.4 Å². The maximum Gasteiger partial charge on any atom is 0.247 e. The molecule has 4 aliphatic heterocycles. The first kappa shape index (κ1) is 57.5. The van der Waals surface area contributed by atoms with E-state index in [1.807, 2.05) is 36.4 Å². The number of Topliss-reactive ketones (excluding diaryl/α,β-unsaturated/α-hetero) is 1. The van der Waals surface area contributed by atoms with Crippen LogP contribution in [0.25, 0.3) is 0 Å². The monoisotopic (exact) mass is 1030 g/mol. The van der Waals surface area contributed by atoms with Crippen LogP contribution in [0, 0.1) is 11.8 Å². The van der Waals surface area contributed by atoms with Crippen molar-refractivity contribution in [2.24, 2.45) is 11.8 Å². The maximum atomic E-state index is 14.1. The maximum absolute atomic E-state index is 14.1. The third-order valence-corrected chi connectivity index (χ3v) is 15.9. The number of ketones is 1. The number of hydrogen-bond donors (Lipinski definition) is 9. The van der Waals surface area contributed by atoms with Crippen molar-refractivity contribution in [3.05, 3.63) is 71.8 Å². The number of carbonyl (C=O) groups is 8. The van der Waals surface area contributed by atoms with Crippen LogP contribution < -0.4 is 37.2 Å². The number of hydrogen-bond acceptors (Lipinski definition) is 12. The number of aliphatic hydroxyl groups is 2. The molecule has 2 aromatic carbocycles. The number of nitrogens with zero attached hydrogens (tertiary/aromatic N) is 2. The third-order valence-electron chi connectivity index (χ3n) is 15.9. The largest absolute Gasteiger partial charge is 0.396 e. The van der Waals surface area contributed by atoms with Gasteiger partial charge in [-0.25, -0.2) is 0 Å². The van der Waals surface area contributed by atoms with E-state index in [0.29, 0.717) is 81.9 Å². The zero-order valence-electron chi connectivity index (χ0n) is 43.7. The molecule has 2 aromatic rings. The van der Waals surface area contributed by atoms with E-state index >= 15 is 0 Å². The van der Waals surface area contributed by atoms with Crippen LogP contribution in [0.2, 0.25) is 0 Å². The van der Waals surface area contributed by atoms with E-state index in [1.165, 1.54) is 0 Å². The molecule has 0 bridgehead atoms. The quantitative estimate of drug-likeness (QED) is 0.0615. The van der Waals surface area contributed by atoms with E-state index in [9.17, 15) is 48.6 Å². The number of fused-ring (bicyclic) bond motifs is 2. The molecule has 9 N–H and O–H groups in total. The number of aliphatic hydroxyl groups excluding tert-OH is 2. The van der Waals surface area contributed by atoms with Gasteiger partial charge in [-0.3, -0.25) is 38.4 Å². The summed E-state index contributed by atoms with van der Waals surface area (Å²) in [5.74, 6) is -3.88. The Hall–Kier alpha value is -5.76. The van der Waals surface area contributed by atoms with Crippen LogP contribution in [0.4, 0.5) is 0 Å². The molecule has 0 unspecified atom stereocenters. The van der Waals surface area contributed by atoms with E-state index in [2.05, 4.69) is 37.2 Å². The summed E-state index contributed by atoms with van der Waals surface area (Å²) in [7, 11) is 3.29. The number of nitrogens with one attached hydrogen (secondary N) is 7. The number of rotatable bonds is 26. The first-order valence-electron chi connectivity index (χ1n) is 27.0. The van der Waals surface area contributed by atoms with Gasteiger partial charge in [-0.05, 0) is 103 Å². The van der Waals surface area contributed by atoms with Crippen LogP contribution in [0.15, 0.2) is 60.7 Å². The molecule has 19 nitrogen and oxygen atoms in total. The first-order chi connectivity index (χ1) is 35.7. The molecule has 0 saturated carbocycles. The molecule has 4 saturated heterocycles. The lowest BCUT2D eigenvalue weighted by atomic mass is 9.93. The summed E-state index contributed by atoms with van der Waals surface area (Å²) in [5, 5.41) is 40.7. The highest BCUT2D eigenvalue weighted by atomic mass is 16.3. The Bertz CT molecular complexity index is 2070. The van der Waals surface area contributed by atoms with Crippen LogP contribution in [-0.4, -0.2) is 149 Å². The highest BCUT2D eigenvalue weighted by Gasteiger charge is 2.50. The Balaban J connectivity index is 0.949. The van der Waals surface area contributed by atoms with Crippen molar-refractivity contribution >= 4 is 47.1 Å². The predicted molar refractivity (Wildman–Crippen MR) is 277 cm³/mol. The molecule has 12 atom stereocenters.